The first kappa shape index (κ1) is 24.3. The van der Waals surface area contributed by atoms with E-state index in [2.05, 4.69) is 4.99 Å². The number of carbonyl (C=O) groups is 1. The molecule has 4 aromatic rings. The third-order valence-corrected chi connectivity index (χ3v) is 7.61. The Morgan fingerprint density at radius 3 is 2.67 bits per heavy atom. The molecule has 0 spiro atoms. The second-order valence-corrected chi connectivity index (χ2v) is 10.1. The fraction of sp³-hybridized carbons (Fsp3) is 0.148. The van der Waals surface area contributed by atoms with Crippen molar-refractivity contribution in [1.29, 1.82) is 0 Å². The van der Waals surface area contributed by atoms with E-state index in [1.807, 2.05) is 24.3 Å². The minimum Gasteiger partial charge on any atom is -0.497 e. The summed E-state index contributed by atoms with van der Waals surface area (Å²) in [5, 5.41) is 0.839. The lowest BCUT2D eigenvalue weighted by Gasteiger charge is -2.22. The molecule has 6 nitrogen and oxygen atoms in total. The molecule has 3 heterocycles. The zero-order valence-electron chi connectivity index (χ0n) is 19.5. The summed E-state index contributed by atoms with van der Waals surface area (Å²) in [6.07, 6.45) is 1.79. The van der Waals surface area contributed by atoms with Crippen LogP contribution in [0.2, 0.25) is 10.0 Å². The number of aromatic nitrogens is 1. The van der Waals surface area contributed by atoms with E-state index >= 15 is 0 Å². The van der Waals surface area contributed by atoms with E-state index in [9.17, 15) is 9.59 Å². The maximum atomic E-state index is 13.6. The summed E-state index contributed by atoms with van der Waals surface area (Å²) in [7, 11) is 1.59. The molecule has 2 aromatic carbocycles. The Kier molecular flexibility index (Phi) is 6.47. The quantitative estimate of drug-likeness (QED) is 0.341. The van der Waals surface area contributed by atoms with Gasteiger partial charge >= 0.3 is 0 Å². The van der Waals surface area contributed by atoms with Crippen LogP contribution in [0.25, 0.3) is 17.4 Å². The third kappa shape index (κ3) is 4.34. The highest BCUT2D eigenvalue weighted by atomic mass is 35.5. The number of ketones is 1. The second-order valence-electron chi connectivity index (χ2n) is 8.25. The molecule has 182 valence electrons. The third-order valence-electron chi connectivity index (χ3n) is 5.89. The van der Waals surface area contributed by atoms with Crippen LogP contribution in [-0.2, 0) is 4.79 Å². The highest BCUT2D eigenvalue weighted by Gasteiger charge is 2.33. The Morgan fingerprint density at radius 2 is 1.94 bits per heavy atom. The molecule has 0 bridgehead atoms. The summed E-state index contributed by atoms with van der Waals surface area (Å²) in [4.78, 5) is 31.4. The number of nitrogens with zero attached hydrogens (tertiary/aromatic N) is 2. The lowest BCUT2D eigenvalue weighted by atomic mass is 9.98. The molecule has 0 aliphatic carbocycles. The molecule has 0 saturated carbocycles. The average Bonchev–Trinajstić information content (AvgIpc) is 3.45. The van der Waals surface area contributed by atoms with E-state index in [4.69, 9.17) is 32.4 Å². The predicted octanol–water partition coefficient (Wildman–Crippen LogP) is 5.40. The van der Waals surface area contributed by atoms with Crippen LogP contribution in [0, 0.1) is 0 Å². The predicted molar refractivity (Wildman–Crippen MR) is 142 cm³/mol. The fourth-order valence-corrected chi connectivity index (χ4v) is 5.57. The maximum absolute atomic E-state index is 13.6. The van der Waals surface area contributed by atoms with Crippen LogP contribution in [-0.4, -0.2) is 17.5 Å². The number of methoxy groups -OCH3 is 1. The monoisotopic (exact) mass is 538 g/mol. The lowest BCUT2D eigenvalue weighted by Crippen LogP contribution is -2.39. The smallest absolute Gasteiger partial charge is 0.271 e. The van der Waals surface area contributed by atoms with E-state index in [1.54, 1.807) is 50.4 Å². The van der Waals surface area contributed by atoms with Crippen LogP contribution in [0.4, 0.5) is 0 Å². The van der Waals surface area contributed by atoms with Crippen molar-refractivity contribution in [3.8, 4) is 17.1 Å². The van der Waals surface area contributed by atoms with Gasteiger partial charge in [-0.3, -0.25) is 14.2 Å². The van der Waals surface area contributed by atoms with Crippen molar-refractivity contribution in [2.45, 2.75) is 19.9 Å². The molecule has 1 aliphatic rings. The zero-order chi connectivity index (χ0) is 25.6. The van der Waals surface area contributed by atoms with Gasteiger partial charge in [-0.25, -0.2) is 4.99 Å². The van der Waals surface area contributed by atoms with Crippen molar-refractivity contribution in [3.63, 3.8) is 0 Å². The van der Waals surface area contributed by atoms with Gasteiger partial charge in [0.15, 0.2) is 10.6 Å². The molecule has 0 amide bonds. The number of fused-ring (bicyclic) bond motifs is 1. The minimum absolute atomic E-state index is 0.184. The van der Waals surface area contributed by atoms with Crippen molar-refractivity contribution in [2.75, 3.05) is 7.11 Å². The Hall–Kier alpha value is -3.39. The van der Waals surface area contributed by atoms with Crippen LogP contribution in [0.15, 0.2) is 80.1 Å². The summed E-state index contributed by atoms with van der Waals surface area (Å²) in [6, 6.07) is 15.4. The molecule has 36 heavy (non-hydrogen) atoms. The number of hydrogen-bond acceptors (Lipinski definition) is 6. The van der Waals surface area contributed by atoms with E-state index in [0.717, 1.165) is 11.1 Å². The van der Waals surface area contributed by atoms with Gasteiger partial charge in [0, 0.05) is 16.8 Å². The van der Waals surface area contributed by atoms with Crippen molar-refractivity contribution >= 4 is 46.4 Å². The van der Waals surface area contributed by atoms with Gasteiger partial charge in [-0.05, 0) is 68.0 Å². The fourth-order valence-electron chi connectivity index (χ4n) is 4.23. The number of rotatable bonds is 5. The number of ether oxygens (including phenoxy) is 1. The second kappa shape index (κ2) is 9.58. The standard InChI is InChI=1S/C27H20Cl2N2O4S/c1-14-24(15(2)32)25(22-10-9-21(35-22)17-7-8-19(28)20(29)13-17)31-26(33)23(36-27(31)30-14)12-16-5-4-6-18(11-16)34-3/h4-13,25H,1-3H3/b23-12+/t25-/m1/s1. The largest absolute Gasteiger partial charge is 0.497 e. The van der Waals surface area contributed by atoms with E-state index in [1.165, 1.54) is 22.8 Å². The maximum Gasteiger partial charge on any atom is 0.271 e. The molecule has 0 radical (unpaired) electrons. The van der Waals surface area contributed by atoms with Crippen molar-refractivity contribution in [3.05, 3.63) is 107 Å². The summed E-state index contributed by atoms with van der Waals surface area (Å²) < 4.78 is 13.5. The average molecular weight is 539 g/mol. The first-order chi connectivity index (χ1) is 17.3. The van der Waals surface area contributed by atoms with Gasteiger partial charge in [0.25, 0.3) is 5.56 Å². The summed E-state index contributed by atoms with van der Waals surface area (Å²) in [5.41, 5.74) is 2.24. The number of furan rings is 1. The molecule has 1 atom stereocenters. The van der Waals surface area contributed by atoms with Gasteiger partial charge in [-0.1, -0.05) is 46.7 Å². The van der Waals surface area contributed by atoms with Gasteiger partial charge in [0.05, 0.1) is 21.7 Å². The number of hydrogen-bond donors (Lipinski definition) is 0. The number of thiazole rings is 1. The number of benzene rings is 2. The molecule has 5 rings (SSSR count). The van der Waals surface area contributed by atoms with Gasteiger partial charge in [-0.15, -0.1) is 0 Å². The molecule has 0 unspecified atom stereocenters. The zero-order valence-corrected chi connectivity index (χ0v) is 21.9. The summed E-state index contributed by atoms with van der Waals surface area (Å²) in [6.45, 7) is 3.24. The lowest BCUT2D eigenvalue weighted by molar-refractivity contribution is -0.114. The Morgan fingerprint density at radius 1 is 1.14 bits per heavy atom. The Labute approximate surface area is 220 Å². The molecule has 9 heteroatoms. The summed E-state index contributed by atoms with van der Waals surface area (Å²) in [5.74, 6) is 1.49. The van der Waals surface area contributed by atoms with Crippen molar-refractivity contribution < 1.29 is 13.9 Å². The molecule has 0 N–H and O–H groups in total. The molecule has 2 aromatic heterocycles. The van der Waals surface area contributed by atoms with Crippen LogP contribution < -0.4 is 19.6 Å². The highest BCUT2D eigenvalue weighted by Crippen LogP contribution is 2.35. The first-order valence-corrected chi connectivity index (χ1v) is 12.6. The molecular formula is C27H20Cl2N2O4S. The molecular weight excluding hydrogens is 519 g/mol. The van der Waals surface area contributed by atoms with Crippen LogP contribution in [0.3, 0.4) is 0 Å². The van der Waals surface area contributed by atoms with Gasteiger partial charge < -0.3 is 9.15 Å². The van der Waals surface area contributed by atoms with E-state index in [-0.39, 0.29) is 11.3 Å². The first-order valence-electron chi connectivity index (χ1n) is 11.0. The number of halogens is 2. The minimum atomic E-state index is -0.747. The number of carbonyl (C=O) groups excluding carboxylic acids is 1. The van der Waals surface area contributed by atoms with Crippen molar-refractivity contribution in [2.24, 2.45) is 4.99 Å². The van der Waals surface area contributed by atoms with Gasteiger partial charge in [0.2, 0.25) is 0 Å². The van der Waals surface area contributed by atoms with Crippen LogP contribution >= 0.6 is 34.5 Å². The number of allylic oxidation sites excluding steroid dienone is 2. The van der Waals surface area contributed by atoms with Gasteiger partial charge in [0.1, 0.15) is 23.3 Å². The van der Waals surface area contributed by atoms with Crippen LogP contribution in [0.1, 0.15) is 31.2 Å². The number of Topliss-reactive ketones (excluding diaryl/α,β-unsaturated/α-hetero) is 1. The SMILES string of the molecule is COc1cccc(/C=c2/sc3n(c2=O)[C@H](c2ccc(-c4ccc(Cl)c(Cl)c4)o2)C(C(C)=O)=C(C)N=3)c1. The topological polar surface area (TPSA) is 73.8 Å². The van der Waals surface area contributed by atoms with E-state index < -0.39 is 6.04 Å². The summed E-state index contributed by atoms with van der Waals surface area (Å²) >= 11 is 13.5. The normalized spacial score (nSPS) is 15.6. The highest BCUT2D eigenvalue weighted by molar-refractivity contribution is 7.07. The van der Waals surface area contributed by atoms with Crippen molar-refractivity contribution in [1.82, 2.24) is 4.57 Å². The molecule has 0 saturated heterocycles. The van der Waals surface area contributed by atoms with E-state index in [0.29, 0.717) is 47.9 Å². The van der Waals surface area contributed by atoms with Crippen LogP contribution in [0.5, 0.6) is 5.75 Å². The molecule has 1 aliphatic heterocycles. The Bertz CT molecular complexity index is 1730. The molecule has 0 fully saturated rings. The van der Waals surface area contributed by atoms with Gasteiger partial charge in [-0.2, -0.15) is 0 Å². The Balaban J connectivity index is 1.67.